The number of aromatic amines is 1. The second-order valence-electron chi connectivity index (χ2n) is 11.8. The number of hydrogen-bond acceptors (Lipinski definition) is 7. The van der Waals surface area contributed by atoms with Crippen LogP contribution in [0.25, 0.3) is 10.9 Å². The zero-order valence-electron chi connectivity index (χ0n) is 24.3. The summed E-state index contributed by atoms with van der Waals surface area (Å²) in [6.07, 6.45) is 1.97. The quantitative estimate of drug-likeness (QED) is 0.307. The second-order valence-corrected chi connectivity index (χ2v) is 11.8. The third kappa shape index (κ3) is 6.94. The van der Waals surface area contributed by atoms with Gasteiger partial charge in [-0.25, -0.2) is 9.59 Å². The van der Waals surface area contributed by atoms with Gasteiger partial charge in [0.15, 0.2) is 5.78 Å². The highest BCUT2D eigenvalue weighted by Crippen LogP contribution is 2.28. The van der Waals surface area contributed by atoms with Crippen LogP contribution in [0.1, 0.15) is 67.7 Å². The van der Waals surface area contributed by atoms with Gasteiger partial charge in [0, 0.05) is 30.1 Å². The predicted octanol–water partition coefficient (Wildman–Crippen LogP) is 3.74. The van der Waals surface area contributed by atoms with E-state index in [9.17, 15) is 19.2 Å². The first-order chi connectivity index (χ1) is 19.3. The van der Waals surface area contributed by atoms with Crippen molar-refractivity contribution in [3.63, 3.8) is 0 Å². The van der Waals surface area contributed by atoms with Gasteiger partial charge in [-0.15, -0.1) is 0 Å². The van der Waals surface area contributed by atoms with E-state index in [4.69, 9.17) is 9.47 Å². The number of para-hydroxylation sites is 1. The van der Waals surface area contributed by atoms with Gasteiger partial charge in [0.05, 0.1) is 24.8 Å². The first-order valence-electron chi connectivity index (χ1n) is 13.6. The molecule has 1 aromatic heterocycles. The fourth-order valence-electron chi connectivity index (χ4n) is 4.96. The molecule has 10 heteroatoms. The molecule has 0 aliphatic carbocycles. The van der Waals surface area contributed by atoms with Gasteiger partial charge < -0.3 is 30.4 Å². The monoisotopic (exact) mass is 562 g/mol. The summed E-state index contributed by atoms with van der Waals surface area (Å²) in [5.41, 5.74) is 1.72. The molecule has 2 heterocycles. The van der Waals surface area contributed by atoms with Crippen molar-refractivity contribution < 1.29 is 28.7 Å². The van der Waals surface area contributed by atoms with Crippen molar-refractivity contribution >= 4 is 34.7 Å². The Bertz CT molecular complexity index is 1470. The summed E-state index contributed by atoms with van der Waals surface area (Å²) in [7, 11) is 1.33. The van der Waals surface area contributed by atoms with Gasteiger partial charge >= 0.3 is 12.1 Å². The standard InChI is InChI=1S/C31H38N4O6/c1-30(2,3)41-29(39)35-31(4,5)28(38)34-24(16-20-17-33-23-10-8-7-9-21(20)23)26(36)25-22-12-11-19(27(37)40-6)15-18(22)13-14-32-25/h7-12,15,17,24-25,32-33H,13-14,16H2,1-6H3,(H,34,38)(H,35,39). The second kappa shape index (κ2) is 11.7. The highest BCUT2D eigenvalue weighted by Gasteiger charge is 2.38. The van der Waals surface area contributed by atoms with Gasteiger partial charge in [-0.3, -0.25) is 9.59 Å². The van der Waals surface area contributed by atoms with Crippen LogP contribution in [0.3, 0.4) is 0 Å². The Labute approximate surface area is 239 Å². The maximum Gasteiger partial charge on any atom is 0.408 e. The molecule has 0 radical (unpaired) electrons. The molecule has 0 fully saturated rings. The largest absolute Gasteiger partial charge is 0.465 e. The maximum absolute atomic E-state index is 14.2. The summed E-state index contributed by atoms with van der Waals surface area (Å²) >= 11 is 0. The summed E-state index contributed by atoms with van der Waals surface area (Å²) in [5, 5.41) is 9.76. The number of nitrogens with one attached hydrogen (secondary N) is 4. The van der Waals surface area contributed by atoms with Crippen LogP contribution >= 0.6 is 0 Å². The lowest BCUT2D eigenvalue weighted by Crippen LogP contribution is -2.59. The first kappa shape index (κ1) is 29.8. The SMILES string of the molecule is COC(=O)c1ccc2c(c1)CCNC2C(=O)C(Cc1c[nH]c2ccccc12)NC(=O)C(C)(C)NC(=O)OC(C)(C)C. The summed E-state index contributed by atoms with van der Waals surface area (Å²) < 4.78 is 10.2. The molecule has 0 saturated carbocycles. The topological polar surface area (TPSA) is 139 Å². The summed E-state index contributed by atoms with van der Waals surface area (Å²) in [6.45, 7) is 8.84. The van der Waals surface area contributed by atoms with E-state index in [1.54, 1.807) is 52.8 Å². The zero-order valence-corrected chi connectivity index (χ0v) is 24.3. The van der Waals surface area contributed by atoms with Gasteiger partial charge in [-0.2, -0.15) is 0 Å². The lowest BCUT2D eigenvalue weighted by atomic mass is 9.86. The number of alkyl carbamates (subject to hydrolysis) is 1. The van der Waals surface area contributed by atoms with Crippen molar-refractivity contribution in [3.05, 3.63) is 70.9 Å². The number of methoxy groups -OCH3 is 1. The van der Waals surface area contributed by atoms with Gasteiger partial charge in [0.1, 0.15) is 11.1 Å². The van der Waals surface area contributed by atoms with E-state index >= 15 is 0 Å². The molecular weight excluding hydrogens is 524 g/mol. The molecule has 41 heavy (non-hydrogen) atoms. The molecule has 0 spiro atoms. The smallest absolute Gasteiger partial charge is 0.408 e. The Morgan fingerprint density at radius 3 is 2.49 bits per heavy atom. The average molecular weight is 563 g/mol. The van der Waals surface area contributed by atoms with E-state index in [1.165, 1.54) is 7.11 Å². The molecule has 2 unspecified atom stereocenters. The van der Waals surface area contributed by atoms with E-state index in [-0.39, 0.29) is 12.2 Å². The minimum absolute atomic E-state index is 0.227. The number of ketones is 1. The number of carbonyl (C=O) groups is 4. The molecule has 0 bridgehead atoms. The van der Waals surface area contributed by atoms with Crippen molar-refractivity contribution in [3.8, 4) is 0 Å². The molecule has 0 saturated heterocycles. The molecule has 3 aromatic rings. The molecule has 2 atom stereocenters. The molecule has 218 valence electrons. The normalized spacial score (nSPS) is 15.9. The van der Waals surface area contributed by atoms with Crippen LogP contribution in [0.15, 0.2) is 48.7 Å². The molecule has 10 nitrogen and oxygen atoms in total. The summed E-state index contributed by atoms with van der Waals surface area (Å²) in [5.74, 6) is -1.21. The third-order valence-corrected chi connectivity index (χ3v) is 7.03. The van der Waals surface area contributed by atoms with E-state index in [0.29, 0.717) is 18.5 Å². The number of H-pyrrole nitrogens is 1. The van der Waals surface area contributed by atoms with E-state index in [2.05, 4.69) is 20.9 Å². The number of esters is 1. The number of Topliss-reactive ketones (excluding diaryl/α,β-unsaturated/α-hetero) is 1. The highest BCUT2D eigenvalue weighted by atomic mass is 16.6. The zero-order chi connectivity index (χ0) is 29.9. The van der Waals surface area contributed by atoms with Crippen LogP contribution < -0.4 is 16.0 Å². The number of ether oxygens (including phenoxy) is 2. The minimum atomic E-state index is -1.37. The van der Waals surface area contributed by atoms with Gasteiger partial charge in [0.25, 0.3) is 0 Å². The minimum Gasteiger partial charge on any atom is -0.465 e. The highest BCUT2D eigenvalue weighted by molar-refractivity contribution is 5.98. The number of amides is 2. The van der Waals surface area contributed by atoms with Crippen molar-refractivity contribution in [1.82, 2.24) is 20.9 Å². The number of hydrogen-bond donors (Lipinski definition) is 4. The van der Waals surface area contributed by atoms with E-state index < -0.39 is 41.2 Å². The molecule has 2 aromatic carbocycles. The molecule has 1 aliphatic heterocycles. The van der Waals surface area contributed by atoms with Crippen molar-refractivity contribution in [2.24, 2.45) is 0 Å². The lowest BCUT2D eigenvalue weighted by Gasteiger charge is -2.32. The molecule has 4 N–H and O–H groups in total. The van der Waals surface area contributed by atoms with Crippen molar-refractivity contribution in [1.29, 1.82) is 0 Å². The van der Waals surface area contributed by atoms with Crippen LogP contribution in [0.4, 0.5) is 4.79 Å². The number of rotatable bonds is 8. The van der Waals surface area contributed by atoms with E-state index in [0.717, 1.165) is 27.6 Å². The predicted molar refractivity (Wildman–Crippen MR) is 155 cm³/mol. The maximum atomic E-state index is 14.2. The Balaban J connectivity index is 1.63. The van der Waals surface area contributed by atoms with Crippen LogP contribution in [-0.2, 0) is 31.9 Å². The molecule has 4 rings (SSSR count). The molecule has 2 amide bonds. The molecule has 1 aliphatic rings. The Hall–Kier alpha value is -4.18. The molecular formula is C31H38N4O6. The van der Waals surface area contributed by atoms with Gasteiger partial charge in [-0.1, -0.05) is 24.3 Å². The van der Waals surface area contributed by atoms with E-state index in [1.807, 2.05) is 30.5 Å². The lowest BCUT2D eigenvalue weighted by molar-refractivity contribution is -0.132. The van der Waals surface area contributed by atoms with Crippen molar-refractivity contribution in [2.75, 3.05) is 13.7 Å². The summed E-state index contributed by atoms with van der Waals surface area (Å²) in [6, 6.07) is 11.3. The van der Waals surface area contributed by atoms with Crippen molar-refractivity contribution in [2.45, 2.75) is 70.7 Å². The average Bonchev–Trinajstić information content (AvgIpc) is 3.32. The summed E-state index contributed by atoms with van der Waals surface area (Å²) in [4.78, 5) is 55.5. The van der Waals surface area contributed by atoms with Crippen LogP contribution in [-0.4, -0.2) is 59.6 Å². The fourth-order valence-corrected chi connectivity index (χ4v) is 4.96. The van der Waals surface area contributed by atoms with Gasteiger partial charge in [0.2, 0.25) is 5.91 Å². The fraction of sp³-hybridized carbons (Fsp3) is 0.419. The van der Waals surface area contributed by atoms with Crippen LogP contribution in [0.2, 0.25) is 0 Å². The third-order valence-electron chi connectivity index (χ3n) is 7.03. The number of carbonyl (C=O) groups excluding carboxylic acids is 4. The number of aromatic nitrogens is 1. The Morgan fingerprint density at radius 1 is 1.05 bits per heavy atom. The Kier molecular flexibility index (Phi) is 8.53. The Morgan fingerprint density at radius 2 is 1.78 bits per heavy atom. The number of fused-ring (bicyclic) bond motifs is 2. The van der Waals surface area contributed by atoms with Crippen LogP contribution in [0, 0.1) is 0 Å². The first-order valence-corrected chi connectivity index (χ1v) is 13.6. The van der Waals surface area contributed by atoms with Gasteiger partial charge in [-0.05, 0) is 75.9 Å². The van der Waals surface area contributed by atoms with Crippen LogP contribution in [0.5, 0.6) is 0 Å². The number of benzene rings is 2.